The van der Waals surface area contributed by atoms with E-state index in [1.54, 1.807) is 37.3 Å². The summed E-state index contributed by atoms with van der Waals surface area (Å²) in [5, 5.41) is -0.264. The molecular weight excluding hydrogens is 491 g/mol. The SMILES string of the molecule is Cc1ccccc1-c1nc(NS(=O)(=O)c2cccc(N3CC[C@H](N)C3)n2)ccc1C(F)(F)F.Cl. The van der Waals surface area contributed by atoms with Gasteiger partial charge in [0.25, 0.3) is 10.0 Å². The van der Waals surface area contributed by atoms with Crippen molar-refractivity contribution in [3.8, 4) is 11.3 Å². The van der Waals surface area contributed by atoms with Crippen molar-refractivity contribution >= 4 is 34.1 Å². The Balaban J connectivity index is 0.00000324. The van der Waals surface area contributed by atoms with Gasteiger partial charge in [0.05, 0.1) is 11.3 Å². The van der Waals surface area contributed by atoms with E-state index in [0.29, 0.717) is 24.5 Å². The van der Waals surface area contributed by atoms with Gasteiger partial charge in [0.1, 0.15) is 11.6 Å². The Morgan fingerprint density at radius 2 is 1.79 bits per heavy atom. The molecule has 0 unspecified atom stereocenters. The molecule has 1 saturated heterocycles. The first-order valence-corrected chi connectivity index (χ1v) is 11.7. The van der Waals surface area contributed by atoms with Gasteiger partial charge in [0, 0.05) is 24.7 Å². The van der Waals surface area contributed by atoms with Crippen LogP contribution < -0.4 is 15.4 Å². The van der Waals surface area contributed by atoms with Crippen LogP contribution in [0.3, 0.4) is 0 Å². The number of hydrogen-bond acceptors (Lipinski definition) is 6. The summed E-state index contributed by atoms with van der Waals surface area (Å²) in [5.74, 6) is 0.225. The van der Waals surface area contributed by atoms with Crippen molar-refractivity contribution < 1.29 is 21.6 Å². The molecule has 182 valence electrons. The highest BCUT2D eigenvalue weighted by atomic mass is 35.5. The van der Waals surface area contributed by atoms with Crippen LogP contribution in [0.2, 0.25) is 0 Å². The number of hydrogen-bond donors (Lipinski definition) is 2. The maximum absolute atomic E-state index is 13.6. The van der Waals surface area contributed by atoms with Crippen molar-refractivity contribution in [3.63, 3.8) is 0 Å². The summed E-state index contributed by atoms with van der Waals surface area (Å²) in [7, 11) is -4.20. The van der Waals surface area contributed by atoms with Crippen molar-refractivity contribution in [1.29, 1.82) is 0 Å². The summed E-state index contributed by atoms with van der Waals surface area (Å²) in [6.45, 7) is 2.88. The fourth-order valence-corrected chi connectivity index (χ4v) is 4.67. The maximum Gasteiger partial charge on any atom is 0.418 e. The quantitative estimate of drug-likeness (QED) is 0.529. The van der Waals surface area contributed by atoms with Crippen LogP contribution in [0.4, 0.5) is 24.8 Å². The monoisotopic (exact) mass is 513 g/mol. The summed E-state index contributed by atoms with van der Waals surface area (Å²) < 4.78 is 69.0. The van der Waals surface area contributed by atoms with E-state index in [1.807, 2.05) is 4.90 Å². The van der Waals surface area contributed by atoms with E-state index in [4.69, 9.17) is 5.73 Å². The number of aromatic nitrogens is 2. The second-order valence-corrected chi connectivity index (χ2v) is 9.47. The molecule has 1 aliphatic rings. The predicted molar refractivity (Wildman–Crippen MR) is 127 cm³/mol. The zero-order valence-corrected chi connectivity index (χ0v) is 19.7. The predicted octanol–water partition coefficient (Wildman–Crippen LogP) is 4.23. The molecule has 3 aromatic rings. The minimum Gasteiger partial charge on any atom is -0.355 e. The summed E-state index contributed by atoms with van der Waals surface area (Å²) in [4.78, 5) is 10.1. The van der Waals surface area contributed by atoms with Crippen LogP contribution in [-0.2, 0) is 16.2 Å². The van der Waals surface area contributed by atoms with E-state index >= 15 is 0 Å². The Morgan fingerprint density at radius 1 is 1.06 bits per heavy atom. The van der Waals surface area contributed by atoms with E-state index in [9.17, 15) is 21.6 Å². The standard InChI is InChI=1S/C22H22F3N5O2S.ClH/c1-14-5-2-3-6-16(14)21-17(22(23,24)25)9-10-18(27-21)29-33(31,32)20-8-4-7-19(28-20)30-12-11-15(26)13-30;/h2-10,15H,11-13,26H2,1H3,(H,27,29);1H/t15-;/m0./s1. The van der Waals surface area contributed by atoms with Crippen LogP contribution in [0.1, 0.15) is 17.5 Å². The maximum atomic E-state index is 13.6. The van der Waals surface area contributed by atoms with Gasteiger partial charge in [-0.2, -0.15) is 21.6 Å². The van der Waals surface area contributed by atoms with Crippen LogP contribution in [0.15, 0.2) is 59.6 Å². The van der Waals surface area contributed by atoms with Crippen LogP contribution in [-0.4, -0.2) is 37.5 Å². The summed E-state index contributed by atoms with van der Waals surface area (Å²) in [6.07, 6.45) is -3.89. The molecule has 34 heavy (non-hydrogen) atoms. The fourth-order valence-electron chi connectivity index (χ4n) is 3.70. The molecule has 1 aromatic carbocycles. The fraction of sp³-hybridized carbons (Fsp3) is 0.273. The van der Waals surface area contributed by atoms with E-state index in [1.165, 1.54) is 12.1 Å². The number of halogens is 4. The lowest BCUT2D eigenvalue weighted by Gasteiger charge is -2.18. The van der Waals surface area contributed by atoms with Gasteiger partial charge in [-0.25, -0.2) is 9.97 Å². The topological polar surface area (TPSA) is 101 Å². The molecule has 12 heteroatoms. The summed E-state index contributed by atoms with van der Waals surface area (Å²) in [6, 6.07) is 12.8. The average Bonchev–Trinajstić information content (AvgIpc) is 3.19. The zero-order chi connectivity index (χ0) is 23.8. The first-order chi connectivity index (χ1) is 15.5. The minimum atomic E-state index is -4.66. The van der Waals surface area contributed by atoms with Crippen LogP contribution in [0.25, 0.3) is 11.3 Å². The third-order valence-electron chi connectivity index (χ3n) is 5.37. The molecule has 3 heterocycles. The minimum absolute atomic E-state index is 0. The summed E-state index contributed by atoms with van der Waals surface area (Å²) in [5.41, 5.74) is 5.45. The molecule has 0 spiro atoms. The van der Waals surface area contributed by atoms with Crippen molar-refractivity contribution in [2.75, 3.05) is 22.7 Å². The summed E-state index contributed by atoms with van der Waals surface area (Å²) >= 11 is 0. The lowest BCUT2D eigenvalue weighted by atomic mass is 10.0. The van der Waals surface area contributed by atoms with E-state index < -0.39 is 21.8 Å². The number of benzene rings is 1. The molecule has 4 rings (SSSR count). The molecule has 2 aromatic heterocycles. The highest BCUT2D eigenvalue weighted by Gasteiger charge is 2.35. The highest BCUT2D eigenvalue weighted by Crippen LogP contribution is 2.38. The number of rotatable bonds is 5. The number of nitrogens with one attached hydrogen (secondary N) is 1. The number of nitrogens with zero attached hydrogens (tertiary/aromatic N) is 3. The Kier molecular flexibility index (Phi) is 7.39. The van der Waals surface area contributed by atoms with Gasteiger partial charge in [-0.15, -0.1) is 12.4 Å². The Bertz CT molecular complexity index is 1290. The first kappa shape index (κ1) is 25.7. The van der Waals surface area contributed by atoms with Crippen LogP contribution in [0.5, 0.6) is 0 Å². The molecule has 0 bridgehead atoms. The number of alkyl halides is 3. The van der Waals surface area contributed by atoms with E-state index in [2.05, 4.69) is 14.7 Å². The second-order valence-electron chi connectivity index (χ2n) is 7.84. The van der Waals surface area contributed by atoms with Gasteiger partial charge in [0.15, 0.2) is 5.03 Å². The van der Waals surface area contributed by atoms with Gasteiger partial charge in [-0.05, 0) is 43.2 Å². The second kappa shape index (κ2) is 9.77. The van der Waals surface area contributed by atoms with Gasteiger partial charge >= 0.3 is 6.18 Å². The molecule has 1 aliphatic heterocycles. The largest absolute Gasteiger partial charge is 0.418 e. The van der Waals surface area contributed by atoms with Gasteiger partial charge in [-0.3, -0.25) is 4.72 Å². The third kappa shape index (κ3) is 5.43. The van der Waals surface area contributed by atoms with Crippen molar-refractivity contribution in [3.05, 3.63) is 65.7 Å². The lowest BCUT2D eigenvalue weighted by Crippen LogP contribution is -2.27. The zero-order valence-electron chi connectivity index (χ0n) is 18.1. The molecule has 0 aliphatic carbocycles. The molecule has 0 saturated carbocycles. The molecule has 0 amide bonds. The number of pyridine rings is 2. The molecule has 0 radical (unpaired) electrons. The van der Waals surface area contributed by atoms with E-state index in [0.717, 1.165) is 18.6 Å². The first-order valence-electron chi connectivity index (χ1n) is 10.2. The molecular formula is C22H23ClF3N5O2S. The lowest BCUT2D eigenvalue weighted by molar-refractivity contribution is -0.137. The smallest absolute Gasteiger partial charge is 0.355 e. The Labute approximate surface area is 201 Å². The number of sulfonamides is 1. The van der Waals surface area contributed by atoms with Crippen molar-refractivity contribution in [2.24, 2.45) is 5.73 Å². The Morgan fingerprint density at radius 3 is 2.44 bits per heavy atom. The molecule has 1 atom stereocenters. The number of nitrogens with two attached hydrogens (primary N) is 1. The van der Waals surface area contributed by atoms with Gasteiger partial charge in [-0.1, -0.05) is 30.3 Å². The van der Waals surface area contributed by atoms with Crippen molar-refractivity contribution in [2.45, 2.75) is 30.6 Å². The van der Waals surface area contributed by atoms with Gasteiger partial charge in [0.2, 0.25) is 0 Å². The normalized spacial score (nSPS) is 16.3. The van der Waals surface area contributed by atoms with Crippen molar-refractivity contribution in [1.82, 2.24) is 9.97 Å². The third-order valence-corrected chi connectivity index (χ3v) is 6.63. The Hall–Kier alpha value is -2.89. The molecule has 7 nitrogen and oxygen atoms in total. The van der Waals surface area contributed by atoms with E-state index in [-0.39, 0.29) is 40.6 Å². The highest BCUT2D eigenvalue weighted by molar-refractivity contribution is 7.92. The molecule has 1 fully saturated rings. The molecule has 3 N–H and O–H groups in total. The van der Waals surface area contributed by atoms with Crippen LogP contribution in [0, 0.1) is 6.92 Å². The average molecular weight is 514 g/mol. The number of aryl methyl sites for hydroxylation is 1. The number of anilines is 2. The van der Waals surface area contributed by atoms with Gasteiger partial charge < -0.3 is 10.6 Å². The van der Waals surface area contributed by atoms with Crippen LogP contribution >= 0.6 is 12.4 Å².